The first-order valence-electron chi connectivity index (χ1n) is 6.49. The van der Waals surface area contributed by atoms with Crippen LogP contribution in [0.1, 0.15) is 25.1 Å². The van der Waals surface area contributed by atoms with Crippen LogP contribution in [0.3, 0.4) is 0 Å². The van der Waals surface area contributed by atoms with Gasteiger partial charge in [-0.25, -0.2) is 4.98 Å². The van der Waals surface area contributed by atoms with Crippen molar-refractivity contribution < 1.29 is 4.74 Å². The zero-order chi connectivity index (χ0) is 13.7. The number of aryl methyl sites for hydroxylation is 1. The summed E-state index contributed by atoms with van der Waals surface area (Å²) in [5, 5.41) is 10.3. The van der Waals surface area contributed by atoms with Crippen LogP contribution in [0.2, 0.25) is 0 Å². The maximum atomic E-state index is 5.69. The molecule has 0 bridgehead atoms. The molecule has 0 spiro atoms. The standard InChI is InChI=1S/C14H20N4O/c1-10(2)8-15-9-12-5-4-6-16-14(12)19-13-7-11(3)17-18-13/h4-7,10,15H,8-9H2,1-3H3,(H,17,18). The highest BCUT2D eigenvalue weighted by molar-refractivity contribution is 5.29. The van der Waals surface area contributed by atoms with Gasteiger partial charge in [-0.15, -0.1) is 5.10 Å². The highest BCUT2D eigenvalue weighted by Gasteiger charge is 2.08. The number of H-pyrrole nitrogens is 1. The van der Waals surface area contributed by atoms with Crippen molar-refractivity contribution in [2.24, 2.45) is 5.92 Å². The van der Waals surface area contributed by atoms with Crippen molar-refractivity contribution in [3.63, 3.8) is 0 Å². The van der Waals surface area contributed by atoms with Crippen molar-refractivity contribution in [1.29, 1.82) is 0 Å². The van der Waals surface area contributed by atoms with Crippen molar-refractivity contribution in [2.75, 3.05) is 6.54 Å². The zero-order valence-electron chi connectivity index (χ0n) is 11.6. The number of nitrogens with zero attached hydrogens (tertiary/aromatic N) is 2. The van der Waals surface area contributed by atoms with E-state index >= 15 is 0 Å². The third kappa shape index (κ3) is 4.06. The average molecular weight is 260 g/mol. The van der Waals surface area contributed by atoms with Crippen LogP contribution < -0.4 is 10.1 Å². The molecule has 0 aliphatic carbocycles. The monoisotopic (exact) mass is 260 g/mol. The summed E-state index contributed by atoms with van der Waals surface area (Å²) in [6.45, 7) is 8.00. The first kappa shape index (κ1) is 13.5. The quantitative estimate of drug-likeness (QED) is 0.838. The molecule has 0 aliphatic rings. The lowest BCUT2D eigenvalue weighted by Gasteiger charge is -2.10. The van der Waals surface area contributed by atoms with Crippen molar-refractivity contribution in [1.82, 2.24) is 20.5 Å². The molecular weight excluding hydrogens is 240 g/mol. The van der Waals surface area contributed by atoms with E-state index in [1.54, 1.807) is 6.20 Å². The van der Waals surface area contributed by atoms with E-state index in [-0.39, 0.29) is 0 Å². The predicted octanol–water partition coefficient (Wildman–Crippen LogP) is 2.65. The van der Waals surface area contributed by atoms with Crippen LogP contribution in [0, 0.1) is 12.8 Å². The van der Waals surface area contributed by atoms with Crippen LogP contribution in [0.4, 0.5) is 0 Å². The van der Waals surface area contributed by atoms with Gasteiger partial charge in [0.05, 0.1) is 0 Å². The lowest BCUT2D eigenvalue weighted by molar-refractivity contribution is 0.433. The van der Waals surface area contributed by atoms with E-state index in [2.05, 4.69) is 34.3 Å². The second kappa shape index (κ2) is 6.33. The molecule has 0 fully saturated rings. The van der Waals surface area contributed by atoms with Gasteiger partial charge in [-0.1, -0.05) is 19.9 Å². The van der Waals surface area contributed by atoms with E-state index < -0.39 is 0 Å². The van der Waals surface area contributed by atoms with E-state index in [1.807, 2.05) is 25.1 Å². The van der Waals surface area contributed by atoms with E-state index in [1.165, 1.54) is 0 Å². The number of nitrogens with one attached hydrogen (secondary N) is 2. The fraction of sp³-hybridized carbons (Fsp3) is 0.429. The largest absolute Gasteiger partial charge is 0.419 e. The molecule has 0 saturated carbocycles. The van der Waals surface area contributed by atoms with E-state index in [9.17, 15) is 0 Å². The molecule has 5 nitrogen and oxygen atoms in total. The average Bonchev–Trinajstić information content (AvgIpc) is 2.77. The maximum Gasteiger partial charge on any atom is 0.240 e. The fourth-order valence-corrected chi connectivity index (χ4v) is 1.69. The number of hydrogen-bond acceptors (Lipinski definition) is 4. The third-order valence-electron chi connectivity index (χ3n) is 2.60. The van der Waals surface area contributed by atoms with Crippen molar-refractivity contribution in [3.05, 3.63) is 35.7 Å². The van der Waals surface area contributed by atoms with Crippen molar-refractivity contribution in [3.8, 4) is 11.8 Å². The smallest absolute Gasteiger partial charge is 0.240 e. The molecule has 0 unspecified atom stereocenters. The van der Waals surface area contributed by atoms with Crippen LogP contribution >= 0.6 is 0 Å². The van der Waals surface area contributed by atoms with Gasteiger partial charge in [-0.2, -0.15) is 0 Å². The summed E-state index contributed by atoms with van der Waals surface area (Å²) in [5.41, 5.74) is 1.99. The summed E-state index contributed by atoms with van der Waals surface area (Å²) in [4.78, 5) is 4.26. The van der Waals surface area contributed by atoms with Crippen molar-refractivity contribution in [2.45, 2.75) is 27.3 Å². The molecule has 2 aromatic heterocycles. The SMILES string of the molecule is Cc1cc(Oc2ncccc2CNCC(C)C)n[nH]1. The van der Waals surface area contributed by atoms with Crippen LogP contribution in [-0.4, -0.2) is 21.7 Å². The van der Waals surface area contributed by atoms with E-state index in [4.69, 9.17) is 4.74 Å². The van der Waals surface area contributed by atoms with E-state index in [0.29, 0.717) is 17.7 Å². The molecule has 2 rings (SSSR count). The Hall–Kier alpha value is -1.88. The predicted molar refractivity (Wildman–Crippen MR) is 74.2 cm³/mol. The molecular formula is C14H20N4O. The number of hydrogen-bond donors (Lipinski definition) is 2. The Morgan fingerprint density at radius 2 is 2.26 bits per heavy atom. The summed E-state index contributed by atoms with van der Waals surface area (Å²) in [6, 6.07) is 5.77. The van der Waals surface area contributed by atoms with Gasteiger partial charge in [-0.3, -0.25) is 5.10 Å². The fourth-order valence-electron chi connectivity index (χ4n) is 1.69. The molecule has 2 N–H and O–H groups in total. The lowest BCUT2D eigenvalue weighted by Crippen LogP contribution is -2.19. The van der Waals surface area contributed by atoms with Gasteiger partial charge in [-0.05, 0) is 25.5 Å². The summed E-state index contributed by atoms with van der Waals surface area (Å²) in [6.07, 6.45) is 1.72. The normalized spacial score (nSPS) is 10.9. The molecule has 0 amide bonds. The van der Waals surface area contributed by atoms with Gasteiger partial charge in [0.15, 0.2) is 0 Å². The van der Waals surface area contributed by atoms with Gasteiger partial charge in [0.25, 0.3) is 0 Å². The third-order valence-corrected chi connectivity index (χ3v) is 2.60. The highest BCUT2D eigenvalue weighted by Crippen LogP contribution is 2.21. The molecule has 102 valence electrons. The maximum absolute atomic E-state index is 5.69. The Balaban J connectivity index is 2.03. The highest BCUT2D eigenvalue weighted by atomic mass is 16.5. The number of aromatic amines is 1. The second-order valence-corrected chi connectivity index (χ2v) is 4.98. The van der Waals surface area contributed by atoms with Gasteiger partial charge in [0.1, 0.15) is 0 Å². The molecule has 2 heterocycles. The molecule has 0 saturated heterocycles. The van der Waals surface area contributed by atoms with Crippen LogP contribution in [0.25, 0.3) is 0 Å². The molecule has 19 heavy (non-hydrogen) atoms. The van der Waals surface area contributed by atoms with E-state index in [0.717, 1.165) is 24.3 Å². The Morgan fingerprint density at radius 3 is 2.95 bits per heavy atom. The molecule has 5 heteroatoms. The van der Waals surface area contributed by atoms with Crippen LogP contribution in [0.15, 0.2) is 24.4 Å². The topological polar surface area (TPSA) is 62.8 Å². The van der Waals surface area contributed by atoms with Crippen LogP contribution in [-0.2, 0) is 6.54 Å². The molecule has 2 aromatic rings. The number of aromatic nitrogens is 3. The first-order chi connectivity index (χ1) is 9.15. The van der Waals surface area contributed by atoms with Gasteiger partial charge in [0, 0.05) is 30.1 Å². The molecule has 0 aliphatic heterocycles. The Labute approximate surface area is 113 Å². The summed E-state index contributed by atoms with van der Waals surface area (Å²) >= 11 is 0. The minimum Gasteiger partial charge on any atom is -0.419 e. The first-order valence-corrected chi connectivity index (χ1v) is 6.49. The Kier molecular flexibility index (Phi) is 4.52. The number of pyridine rings is 1. The van der Waals surface area contributed by atoms with Crippen molar-refractivity contribution >= 4 is 0 Å². The number of ether oxygens (including phenoxy) is 1. The van der Waals surface area contributed by atoms with Gasteiger partial charge in [0.2, 0.25) is 11.8 Å². The van der Waals surface area contributed by atoms with Gasteiger partial charge < -0.3 is 10.1 Å². The molecule has 0 atom stereocenters. The molecule has 0 radical (unpaired) electrons. The van der Waals surface area contributed by atoms with Crippen LogP contribution in [0.5, 0.6) is 11.8 Å². The lowest BCUT2D eigenvalue weighted by atomic mass is 10.2. The Bertz CT molecular complexity index is 522. The minimum atomic E-state index is 0.543. The second-order valence-electron chi connectivity index (χ2n) is 4.98. The van der Waals surface area contributed by atoms with Gasteiger partial charge >= 0.3 is 0 Å². The summed E-state index contributed by atoms with van der Waals surface area (Å²) in [7, 11) is 0. The molecule has 0 aromatic carbocycles. The summed E-state index contributed by atoms with van der Waals surface area (Å²) < 4.78 is 5.69. The zero-order valence-corrected chi connectivity index (χ0v) is 11.6. The Morgan fingerprint density at radius 1 is 1.42 bits per heavy atom. The minimum absolute atomic E-state index is 0.543. The number of rotatable bonds is 6. The summed E-state index contributed by atoms with van der Waals surface area (Å²) in [5.74, 6) is 1.77.